The standard InChI is InChI=1S/C21H31N5O2S.HI/c1-2-22-21(23-12-17-25-13-8-9-14-25)24-18-19-10-4-5-11-20(19)29(27,28)26-15-6-3-7-16-26;/h4-5,8-11,13-14H,2-3,6-7,12,15-18H2,1H3,(H2,22,23,24);1H. The van der Waals surface area contributed by atoms with Crippen molar-refractivity contribution < 1.29 is 8.42 Å². The summed E-state index contributed by atoms with van der Waals surface area (Å²) in [5.41, 5.74) is 0.723. The van der Waals surface area contributed by atoms with Crippen LogP contribution in [0.25, 0.3) is 0 Å². The van der Waals surface area contributed by atoms with Gasteiger partial charge in [-0.25, -0.2) is 13.4 Å². The normalized spacial score (nSPS) is 15.4. The Bertz CT molecular complexity index is 894. The van der Waals surface area contributed by atoms with Crippen molar-refractivity contribution in [2.45, 2.75) is 44.2 Å². The fraction of sp³-hybridized carbons (Fsp3) is 0.476. The molecule has 2 heterocycles. The zero-order chi connectivity index (χ0) is 20.5. The van der Waals surface area contributed by atoms with E-state index in [2.05, 4.69) is 20.2 Å². The molecule has 0 aliphatic carbocycles. The van der Waals surface area contributed by atoms with Gasteiger partial charge in [0.05, 0.1) is 11.4 Å². The second-order valence-corrected chi connectivity index (χ2v) is 9.02. The summed E-state index contributed by atoms with van der Waals surface area (Å²) in [5.74, 6) is 0.685. The van der Waals surface area contributed by atoms with E-state index < -0.39 is 10.0 Å². The van der Waals surface area contributed by atoms with Gasteiger partial charge in [-0.2, -0.15) is 4.31 Å². The molecule has 30 heavy (non-hydrogen) atoms. The van der Waals surface area contributed by atoms with Gasteiger partial charge in [-0.05, 0) is 43.5 Å². The highest BCUT2D eigenvalue weighted by Crippen LogP contribution is 2.24. The first-order valence-corrected chi connectivity index (χ1v) is 11.8. The number of nitrogens with zero attached hydrogens (tertiary/aromatic N) is 3. The van der Waals surface area contributed by atoms with Crippen molar-refractivity contribution in [3.05, 3.63) is 54.4 Å². The molecule has 0 radical (unpaired) electrons. The fourth-order valence-corrected chi connectivity index (χ4v) is 5.19. The number of aromatic nitrogens is 1. The molecule has 7 nitrogen and oxygen atoms in total. The molecule has 0 amide bonds. The summed E-state index contributed by atoms with van der Waals surface area (Å²) in [5, 5.41) is 6.53. The van der Waals surface area contributed by atoms with Crippen LogP contribution in [0.4, 0.5) is 0 Å². The summed E-state index contributed by atoms with van der Waals surface area (Å²) in [6, 6.07) is 11.2. The molecule has 0 bridgehead atoms. The van der Waals surface area contributed by atoms with Crippen molar-refractivity contribution in [1.29, 1.82) is 0 Å². The average Bonchev–Trinajstić information content (AvgIpc) is 3.26. The van der Waals surface area contributed by atoms with E-state index in [1.54, 1.807) is 16.4 Å². The number of hydrogen-bond donors (Lipinski definition) is 2. The van der Waals surface area contributed by atoms with E-state index in [1.807, 2.05) is 43.6 Å². The van der Waals surface area contributed by atoms with Crippen LogP contribution in [0.15, 0.2) is 58.7 Å². The van der Waals surface area contributed by atoms with Gasteiger partial charge in [0.25, 0.3) is 0 Å². The Balaban J connectivity index is 0.00000320. The van der Waals surface area contributed by atoms with Crippen molar-refractivity contribution in [2.24, 2.45) is 4.99 Å². The lowest BCUT2D eigenvalue weighted by Gasteiger charge is -2.26. The maximum absolute atomic E-state index is 13.1. The molecule has 1 aromatic heterocycles. The van der Waals surface area contributed by atoms with Crippen LogP contribution in [-0.2, 0) is 23.1 Å². The lowest BCUT2D eigenvalue weighted by Crippen LogP contribution is -2.39. The van der Waals surface area contributed by atoms with Crippen molar-refractivity contribution in [1.82, 2.24) is 19.5 Å². The number of aliphatic imine (C=N–C) groups is 1. The Hall–Kier alpha value is -1.59. The highest BCUT2D eigenvalue weighted by Gasteiger charge is 2.27. The summed E-state index contributed by atoms with van der Waals surface area (Å²) < 4.78 is 30.0. The minimum atomic E-state index is -3.48. The van der Waals surface area contributed by atoms with Crippen molar-refractivity contribution >= 4 is 40.0 Å². The minimum absolute atomic E-state index is 0. The number of benzene rings is 1. The molecule has 3 rings (SSSR count). The lowest BCUT2D eigenvalue weighted by molar-refractivity contribution is 0.346. The van der Waals surface area contributed by atoms with Gasteiger partial charge in [-0.1, -0.05) is 24.6 Å². The Labute approximate surface area is 197 Å². The van der Waals surface area contributed by atoms with Crippen molar-refractivity contribution in [3.63, 3.8) is 0 Å². The minimum Gasteiger partial charge on any atom is -0.357 e. The first-order valence-electron chi connectivity index (χ1n) is 10.3. The summed E-state index contributed by atoms with van der Waals surface area (Å²) >= 11 is 0. The predicted molar refractivity (Wildman–Crippen MR) is 132 cm³/mol. The highest BCUT2D eigenvalue weighted by atomic mass is 127. The van der Waals surface area contributed by atoms with Gasteiger partial charge < -0.3 is 15.2 Å². The number of sulfonamides is 1. The highest BCUT2D eigenvalue weighted by molar-refractivity contribution is 14.0. The van der Waals surface area contributed by atoms with Gasteiger partial charge in [0.15, 0.2) is 5.96 Å². The molecule has 1 aromatic carbocycles. The Morgan fingerprint density at radius 1 is 1.03 bits per heavy atom. The van der Waals surface area contributed by atoms with E-state index in [9.17, 15) is 8.42 Å². The van der Waals surface area contributed by atoms with Gasteiger partial charge in [0.2, 0.25) is 10.0 Å². The quantitative estimate of drug-likeness (QED) is 0.304. The van der Waals surface area contributed by atoms with Gasteiger partial charge in [-0.3, -0.25) is 0 Å². The molecule has 1 saturated heterocycles. The zero-order valence-electron chi connectivity index (χ0n) is 17.5. The number of nitrogens with one attached hydrogen (secondary N) is 2. The van der Waals surface area contributed by atoms with E-state index in [0.29, 0.717) is 30.5 Å². The SMILES string of the molecule is CCNC(=NCc1ccccc1S(=O)(=O)N1CCCCC1)NCCn1cccc1.I. The molecule has 2 N–H and O–H groups in total. The molecule has 0 unspecified atom stereocenters. The van der Waals surface area contributed by atoms with Crippen LogP contribution in [0.2, 0.25) is 0 Å². The molecule has 0 atom stereocenters. The third-order valence-electron chi connectivity index (χ3n) is 4.99. The summed E-state index contributed by atoms with van der Waals surface area (Å²) in [7, 11) is -3.48. The van der Waals surface area contributed by atoms with E-state index in [1.165, 1.54) is 0 Å². The van der Waals surface area contributed by atoms with Gasteiger partial charge >= 0.3 is 0 Å². The van der Waals surface area contributed by atoms with E-state index in [-0.39, 0.29) is 24.0 Å². The largest absolute Gasteiger partial charge is 0.357 e. The van der Waals surface area contributed by atoms with E-state index >= 15 is 0 Å². The van der Waals surface area contributed by atoms with Crippen LogP contribution >= 0.6 is 24.0 Å². The zero-order valence-corrected chi connectivity index (χ0v) is 20.6. The van der Waals surface area contributed by atoms with E-state index in [0.717, 1.165) is 44.5 Å². The Morgan fingerprint density at radius 3 is 2.43 bits per heavy atom. The molecule has 1 aliphatic heterocycles. The molecular weight excluding hydrogens is 513 g/mol. The van der Waals surface area contributed by atoms with Crippen LogP contribution in [0.5, 0.6) is 0 Å². The molecule has 1 fully saturated rings. The molecular formula is C21H32IN5O2S. The molecule has 1 aliphatic rings. The topological polar surface area (TPSA) is 78.7 Å². The van der Waals surface area contributed by atoms with Crippen LogP contribution in [0.3, 0.4) is 0 Å². The second kappa shape index (κ2) is 12.3. The molecule has 0 saturated carbocycles. The summed E-state index contributed by atoms with van der Waals surface area (Å²) in [4.78, 5) is 4.99. The van der Waals surface area contributed by atoms with Crippen LogP contribution in [0, 0.1) is 0 Å². The van der Waals surface area contributed by atoms with Crippen molar-refractivity contribution in [2.75, 3.05) is 26.2 Å². The van der Waals surface area contributed by atoms with Gasteiger partial charge in [0, 0.05) is 45.1 Å². The average molecular weight is 545 g/mol. The third kappa shape index (κ3) is 6.71. The van der Waals surface area contributed by atoms with Gasteiger partial charge in [-0.15, -0.1) is 24.0 Å². The first-order chi connectivity index (χ1) is 14.1. The van der Waals surface area contributed by atoms with E-state index in [4.69, 9.17) is 0 Å². The maximum atomic E-state index is 13.1. The summed E-state index contributed by atoms with van der Waals surface area (Å²) in [6.07, 6.45) is 6.99. The maximum Gasteiger partial charge on any atom is 0.243 e. The monoisotopic (exact) mass is 545 g/mol. The molecule has 166 valence electrons. The van der Waals surface area contributed by atoms with Crippen LogP contribution in [-0.4, -0.2) is 49.4 Å². The predicted octanol–water partition coefficient (Wildman–Crippen LogP) is 3.04. The number of hydrogen-bond acceptors (Lipinski definition) is 3. The Kier molecular flexibility index (Phi) is 10.1. The third-order valence-corrected chi connectivity index (χ3v) is 6.98. The first kappa shape index (κ1) is 24.7. The van der Waals surface area contributed by atoms with Gasteiger partial charge in [0.1, 0.15) is 0 Å². The number of piperidine rings is 1. The second-order valence-electron chi connectivity index (χ2n) is 7.12. The fourth-order valence-electron chi connectivity index (χ4n) is 3.46. The number of halogens is 1. The molecule has 9 heteroatoms. The summed E-state index contributed by atoms with van der Waals surface area (Å²) in [6.45, 7) is 5.82. The Morgan fingerprint density at radius 2 is 1.73 bits per heavy atom. The molecule has 2 aromatic rings. The van der Waals surface area contributed by atoms with Crippen LogP contribution in [0.1, 0.15) is 31.7 Å². The number of guanidine groups is 1. The smallest absolute Gasteiger partial charge is 0.243 e. The lowest BCUT2D eigenvalue weighted by atomic mass is 10.2. The van der Waals surface area contributed by atoms with Crippen molar-refractivity contribution in [3.8, 4) is 0 Å². The van der Waals surface area contributed by atoms with Crippen LogP contribution < -0.4 is 10.6 Å². The molecule has 0 spiro atoms. The number of rotatable bonds is 8.